The number of phenols is 1. The van der Waals surface area contributed by atoms with Gasteiger partial charge in [0, 0.05) is 35.8 Å². The fourth-order valence-electron chi connectivity index (χ4n) is 4.03. The van der Waals surface area contributed by atoms with Crippen LogP contribution >= 0.6 is 0 Å². The summed E-state index contributed by atoms with van der Waals surface area (Å²) in [5.74, 6) is -0.592. The maximum atomic E-state index is 12.9. The molecule has 9 heteroatoms. The van der Waals surface area contributed by atoms with Crippen molar-refractivity contribution in [3.05, 3.63) is 66.6 Å². The Morgan fingerprint density at radius 2 is 1.81 bits per heavy atom. The summed E-state index contributed by atoms with van der Waals surface area (Å²) in [6, 6.07) is 11.3. The minimum absolute atomic E-state index is 0.0215. The van der Waals surface area contributed by atoms with E-state index in [0.717, 1.165) is 11.1 Å². The third kappa shape index (κ3) is 2.98. The van der Waals surface area contributed by atoms with Crippen molar-refractivity contribution in [2.75, 3.05) is 0 Å². The highest BCUT2D eigenvalue weighted by Crippen LogP contribution is 2.35. The molecule has 1 aliphatic heterocycles. The highest BCUT2D eigenvalue weighted by molar-refractivity contribution is 6.07. The minimum Gasteiger partial charge on any atom is -0.508 e. The standard InChI is InChI=1S/C22H19N5O4/c1-26-10-15(9-23-26)13-2-5-16(6-3-13)22(20(30)24-21(31)25-22)12-27-11-14-4-7-17(28)8-18(14)19(27)29/h2-11,28-29H,12H2,1H3,(H2,24,25,30,31)/t22-/m0/s1. The van der Waals surface area contributed by atoms with Crippen LogP contribution in [0.5, 0.6) is 11.6 Å². The van der Waals surface area contributed by atoms with Crippen LogP contribution in [0.1, 0.15) is 5.56 Å². The van der Waals surface area contributed by atoms with E-state index in [1.807, 2.05) is 25.4 Å². The maximum absolute atomic E-state index is 12.9. The molecule has 3 heterocycles. The number of nitrogens with one attached hydrogen (secondary N) is 2. The third-order valence-electron chi connectivity index (χ3n) is 5.61. The molecule has 1 saturated heterocycles. The Morgan fingerprint density at radius 1 is 1.03 bits per heavy atom. The fraction of sp³-hybridized carbons (Fsp3) is 0.136. The van der Waals surface area contributed by atoms with Gasteiger partial charge < -0.3 is 20.1 Å². The second-order valence-electron chi connectivity index (χ2n) is 7.65. The summed E-state index contributed by atoms with van der Waals surface area (Å²) < 4.78 is 3.19. The number of carbonyl (C=O) groups excluding carboxylic acids is 2. The molecule has 0 bridgehead atoms. The summed E-state index contributed by atoms with van der Waals surface area (Å²) in [7, 11) is 1.83. The van der Waals surface area contributed by atoms with Gasteiger partial charge in [0.2, 0.25) is 0 Å². The van der Waals surface area contributed by atoms with Crippen molar-refractivity contribution in [3.8, 4) is 22.8 Å². The average molecular weight is 417 g/mol. The molecule has 0 spiro atoms. The van der Waals surface area contributed by atoms with Crippen LogP contribution < -0.4 is 10.6 Å². The number of hydrogen-bond acceptors (Lipinski definition) is 5. The van der Waals surface area contributed by atoms with E-state index in [-0.39, 0.29) is 18.2 Å². The number of aryl methyl sites for hydroxylation is 1. The quantitative estimate of drug-likeness (QED) is 0.379. The summed E-state index contributed by atoms with van der Waals surface area (Å²) in [4.78, 5) is 25.0. The molecule has 0 aliphatic carbocycles. The molecule has 0 unspecified atom stereocenters. The number of fused-ring (bicyclic) bond motifs is 1. The lowest BCUT2D eigenvalue weighted by Crippen LogP contribution is -2.47. The first kappa shape index (κ1) is 18.7. The van der Waals surface area contributed by atoms with Crippen LogP contribution in [0.15, 0.2) is 61.1 Å². The lowest BCUT2D eigenvalue weighted by molar-refractivity contribution is -0.124. The van der Waals surface area contributed by atoms with E-state index in [2.05, 4.69) is 15.7 Å². The molecule has 4 aromatic rings. The monoisotopic (exact) mass is 417 g/mol. The number of hydrogen-bond donors (Lipinski definition) is 4. The fourth-order valence-corrected chi connectivity index (χ4v) is 4.03. The van der Waals surface area contributed by atoms with Gasteiger partial charge in [-0.15, -0.1) is 0 Å². The van der Waals surface area contributed by atoms with Gasteiger partial charge in [0.05, 0.1) is 12.7 Å². The van der Waals surface area contributed by atoms with Gasteiger partial charge in [-0.05, 0) is 29.3 Å². The highest BCUT2D eigenvalue weighted by atomic mass is 16.3. The van der Waals surface area contributed by atoms with Crippen molar-refractivity contribution in [3.63, 3.8) is 0 Å². The first-order valence-electron chi connectivity index (χ1n) is 9.60. The van der Waals surface area contributed by atoms with Crippen molar-refractivity contribution in [2.24, 2.45) is 7.05 Å². The molecular weight excluding hydrogens is 398 g/mol. The Balaban J connectivity index is 1.57. The van der Waals surface area contributed by atoms with Crippen molar-refractivity contribution >= 4 is 22.7 Å². The summed E-state index contributed by atoms with van der Waals surface area (Å²) in [6.07, 6.45) is 5.30. The lowest BCUT2D eigenvalue weighted by Gasteiger charge is -2.27. The van der Waals surface area contributed by atoms with Crippen LogP contribution in [-0.4, -0.2) is 36.5 Å². The number of aromatic nitrogens is 3. The van der Waals surface area contributed by atoms with Gasteiger partial charge in [-0.2, -0.15) is 5.10 Å². The minimum atomic E-state index is -1.40. The molecule has 0 saturated carbocycles. The van der Waals surface area contributed by atoms with Crippen molar-refractivity contribution in [1.82, 2.24) is 25.0 Å². The summed E-state index contributed by atoms with van der Waals surface area (Å²) in [6.45, 7) is -0.0297. The molecule has 9 nitrogen and oxygen atoms in total. The van der Waals surface area contributed by atoms with E-state index in [4.69, 9.17) is 0 Å². The number of benzene rings is 2. The molecular formula is C22H19N5O4. The van der Waals surface area contributed by atoms with Gasteiger partial charge in [-0.25, -0.2) is 4.79 Å². The van der Waals surface area contributed by atoms with Gasteiger partial charge in [0.25, 0.3) is 5.91 Å². The molecule has 5 rings (SSSR count). The molecule has 1 atom stereocenters. The second kappa shape index (κ2) is 6.63. The number of rotatable bonds is 4. The Hall–Kier alpha value is -4.27. The molecule has 0 radical (unpaired) electrons. The Bertz CT molecular complexity index is 1340. The first-order valence-corrected chi connectivity index (χ1v) is 9.60. The van der Waals surface area contributed by atoms with Crippen molar-refractivity contribution < 1.29 is 19.8 Å². The van der Waals surface area contributed by atoms with E-state index < -0.39 is 17.5 Å². The van der Waals surface area contributed by atoms with Crippen LogP contribution in [0.2, 0.25) is 0 Å². The summed E-state index contributed by atoms with van der Waals surface area (Å²) in [5.41, 5.74) is 1.02. The number of carbonyl (C=O) groups is 2. The highest BCUT2D eigenvalue weighted by Gasteiger charge is 2.48. The second-order valence-corrected chi connectivity index (χ2v) is 7.65. The molecule has 4 N–H and O–H groups in total. The zero-order valence-corrected chi connectivity index (χ0v) is 16.5. The van der Waals surface area contributed by atoms with Crippen LogP contribution in [-0.2, 0) is 23.9 Å². The van der Waals surface area contributed by atoms with Crippen LogP contribution in [0.25, 0.3) is 21.9 Å². The third-order valence-corrected chi connectivity index (χ3v) is 5.61. The van der Waals surface area contributed by atoms with Gasteiger partial charge >= 0.3 is 6.03 Å². The molecule has 3 amide bonds. The van der Waals surface area contributed by atoms with Gasteiger partial charge in [-0.1, -0.05) is 24.3 Å². The predicted molar refractivity (Wildman–Crippen MR) is 112 cm³/mol. The number of urea groups is 1. The van der Waals surface area contributed by atoms with E-state index in [0.29, 0.717) is 16.3 Å². The van der Waals surface area contributed by atoms with E-state index in [1.165, 1.54) is 16.7 Å². The largest absolute Gasteiger partial charge is 0.508 e. The Labute approximate surface area is 176 Å². The molecule has 2 aromatic carbocycles. The zero-order chi connectivity index (χ0) is 21.8. The smallest absolute Gasteiger partial charge is 0.322 e. The topological polar surface area (TPSA) is 121 Å². The van der Waals surface area contributed by atoms with Crippen molar-refractivity contribution in [2.45, 2.75) is 12.1 Å². The van der Waals surface area contributed by atoms with Crippen LogP contribution in [0.3, 0.4) is 0 Å². The Kier molecular flexibility index (Phi) is 4.01. The number of nitrogens with zero attached hydrogens (tertiary/aromatic N) is 3. The number of aromatic hydroxyl groups is 2. The normalized spacial score (nSPS) is 18.4. The van der Waals surface area contributed by atoms with E-state index in [9.17, 15) is 19.8 Å². The SMILES string of the molecule is Cn1cc(-c2ccc([C@]3(Cn4cc5ccc(O)cc5c4O)NC(=O)NC3=O)cc2)cn1. The van der Waals surface area contributed by atoms with Gasteiger partial charge in [0.15, 0.2) is 11.4 Å². The van der Waals surface area contributed by atoms with E-state index >= 15 is 0 Å². The first-order chi connectivity index (χ1) is 14.9. The molecule has 31 heavy (non-hydrogen) atoms. The molecule has 1 aliphatic rings. The number of phenolic OH excluding ortho intramolecular Hbond substituents is 1. The van der Waals surface area contributed by atoms with E-state index in [1.54, 1.807) is 35.3 Å². The number of amides is 3. The van der Waals surface area contributed by atoms with Crippen molar-refractivity contribution in [1.29, 1.82) is 0 Å². The van der Waals surface area contributed by atoms with Gasteiger partial charge in [0.1, 0.15) is 5.75 Å². The summed E-state index contributed by atoms with van der Waals surface area (Å²) >= 11 is 0. The lowest BCUT2D eigenvalue weighted by atomic mass is 9.88. The van der Waals surface area contributed by atoms with Gasteiger partial charge in [-0.3, -0.25) is 14.8 Å². The molecule has 2 aromatic heterocycles. The average Bonchev–Trinajstić information content (AvgIpc) is 3.39. The van der Waals surface area contributed by atoms with Crippen LogP contribution in [0, 0.1) is 0 Å². The number of imide groups is 1. The molecule has 156 valence electrons. The maximum Gasteiger partial charge on any atom is 0.322 e. The predicted octanol–water partition coefficient (Wildman–Crippen LogP) is 2.19. The molecule has 1 fully saturated rings. The van der Waals surface area contributed by atoms with Crippen LogP contribution in [0.4, 0.5) is 4.79 Å². The Morgan fingerprint density at radius 3 is 2.45 bits per heavy atom. The zero-order valence-electron chi connectivity index (χ0n) is 16.5. The summed E-state index contributed by atoms with van der Waals surface area (Å²) in [5, 5.41) is 30.8.